The Morgan fingerprint density at radius 3 is 2.38 bits per heavy atom. The first-order valence-corrected chi connectivity index (χ1v) is 9.44. The Morgan fingerprint density at radius 1 is 1.03 bits per heavy atom. The summed E-state index contributed by atoms with van der Waals surface area (Å²) in [5.41, 5.74) is 0.0330. The molecule has 0 aliphatic carbocycles. The van der Waals surface area contributed by atoms with Crippen molar-refractivity contribution >= 4 is 23.1 Å². The van der Waals surface area contributed by atoms with Gasteiger partial charge in [-0.05, 0) is 31.2 Å². The van der Waals surface area contributed by atoms with Crippen LogP contribution in [0.4, 0.5) is 18.9 Å². The molecular formula is C23H16F3NO5. The number of alkyl halides is 3. The number of anilines is 1. The maximum Gasteiger partial charge on any atom is 0.573 e. The number of furan rings is 1. The fraction of sp³-hybridized carbons (Fsp3) is 0.130. The van der Waals surface area contributed by atoms with Gasteiger partial charge in [0.05, 0.1) is 5.57 Å². The number of ether oxygens (including phenoxy) is 1. The van der Waals surface area contributed by atoms with Crippen LogP contribution in [0.1, 0.15) is 23.1 Å². The van der Waals surface area contributed by atoms with Gasteiger partial charge in [-0.3, -0.25) is 14.5 Å². The lowest BCUT2D eigenvalue weighted by Crippen LogP contribution is -2.29. The molecule has 1 aromatic heterocycles. The van der Waals surface area contributed by atoms with Crippen molar-refractivity contribution in [3.05, 3.63) is 89.4 Å². The molecule has 0 bridgehead atoms. The van der Waals surface area contributed by atoms with E-state index in [9.17, 15) is 27.9 Å². The molecule has 1 fully saturated rings. The van der Waals surface area contributed by atoms with Gasteiger partial charge in [0.1, 0.15) is 29.1 Å². The lowest BCUT2D eigenvalue weighted by Gasteiger charge is -2.24. The number of aryl methyl sites for hydroxylation is 1. The topological polar surface area (TPSA) is 80.0 Å². The number of nitrogens with zero attached hydrogens (tertiary/aromatic N) is 1. The maximum absolute atomic E-state index is 13.0. The van der Waals surface area contributed by atoms with E-state index in [-0.39, 0.29) is 17.0 Å². The average Bonchev–Trinajstić information content (AvgIpc) is 3.28. The molecule has 164 valence electrons. The maximum atomic E-state index is 13.0. The summed E-state index contributed by atoms with van der Waals surface area (Å²) in [5.74, 6) is -2.35. The normalized spacial score (nSPS) is 18.2. The van der Waals surface area contributed by atoms with Crippen LogP contribution in [0.5, 0.6) is 5.75 Å². The number of rotatable bonds is 4. The number of ketones is 1. The molecule has 2 heterocycles. The molecule has 2 aromatic carbocycles. The van der Waals surface area contributed by atoms with Crippen molar-refractivity contribution in [2.24, 2.45) is 0 Å². The molecule has 1 unspecified atom stereocenters. The van der Waals surface area contributed by atoms with E-state index >= 15 is 0 Å². The summed E-state index contributed by atoms with van der Waals surface area (Å²) >= 11 is 0. The summed E-state index contributed by atoms with van der Waals surface area (Å²) in [4.78, 5) is 26.9. The van der Waals surface area contributed by atoms with E-state index in [0.717, 1.165) is 17.0 Å². The van der Waals surface area contributed by atoms with Gasteiger partial charge in [-0.1, -0.05) is 36.4 Å². The zero-order valence-corrected chi connectivity index (χ0v) is 16.6. The van der Waals surface area contributed by atoms with Crippen LogP contribution in [0.25, 0.3) is 5.76 Å². The third-order valence-electron chi connectivity index (χ3n) is 4.85. The summed E-state index contributed by atoms with van der Waals surface area (Å²) < 4.78 is 47.6. The lowest BCUT2D eigenvalue weighted by molar-refractivity contribution is -0.274. The number of carbonyl (C=O) groups is 2. The summed E-state index contributed by atoms with van der Waals surface area (Å²) in [6.45, 7) is 1.66. The molecule has 32 heavy (non-hydrogen) atoms. The smallest absolute Gasteiger partial charge is 0.507 e. The van der Waals surface area contributed by atoms with E-state index in [2.05, 4.69) is 4.74 Å². The lowest BCUT2D eigenvalue weighted by atomic mass is 9.99. The number of hydrogen-bond acceptors (Lipinski definition) is 5. The van der Waals surface area contributed by atoms with Crippen LogP contribution in [-0.2, 0) is 9.59 Å². The number of amides is 1. The van der Waals surface area contributed by atoms with Crippen LogP contribution in [0, 0.1) is 6.92 Å². The zero-order valence-electron chi connectivity index (χ0n) is 16.6. The highest BCUT2D eigenvalue weighted by atomic mass is 19.4. The van der Waals surface area contributed by atoms with Crippen LogP contribution >= 0.6 is 0 Å². The molecule has 1 atom stereocenters. The monoisotopic (exact) mass is 443 g/mol. The van der Waals surface area contributed by atoms with E-state index < -0.39 is 35.6 Å². The average molecular weight is 443 g/mol. The Balaban J connectivity index is 1.88. The molecule has 1 saturated heterocycles. The predicted octanol–water partition coefficient (Wildman–Crippen LogP) is 5.11. The van der Waals surface area contributed by atoms with Crippen molar-refractivity contribution in [2.75, 3.05) is 4.90 Å². The van der Waals surface area contributed by atoms with E-state index in [0.29, 0.717) is 11.3 Å². The molecule has 6 nitrogen and oxygen atoms in total. The number of aliphatic hydroxyl groups excluding tert-OH is 1. The van der Waals surface area contributed by atoms with Crippen molar-refractivity contribution in [2.45, 2.75) is 19.3 Å². The molecule has 1 aliphatic rings. The highest BCUT2D eigenvalue weighted by Crippen LogP contribution is 2.43. The SMILES string of the molecule is Cc1ccc(C2/C(=C(/O)c3ccccc3)C(=O)C(=O)N2c2cccc(OC(F)(F)F)c2)o1. The molecule has 1 amide bonds. The van der Waals surface area contributed by atoms with Gasteiger partial charge in [0.2, 0.25) is 0 Å². The summed E-state index contributed by atoms with van der Waals surface area (Å²) in [6, 6.07) is 14.8. The fourth-order valence-corrected chi connectivity index (χ4v) is 3.55. The molecule has 1 N–H and O–H groups in total. The Bertz CT molecular complexity index is 1210. The highest BCUT2D eigenvalue weighted by Gasteiger charge is 2.48. The highest BCUT2D eigenvalue weighted by molar-refractivity contribution is 6.51. The second-order valence-electron chi connectivity index (χ2n) is 7.03. The quantitative estimate of drug-likeness (QED) is 0.344. The summed E-state index contributed by atoms with van der Waals surface area (Å²) in [5, 5.41) is 10.9. The van der Waals surface area contributed by atoms with Crippen molar-refractivity contribution in [1.82, 2.24) is 0 Å². The van der Waals surface area contributed by atoms with E-state index in [1.807, 2.05) is 0 Å². The second kappa shape index (κ2) is 7.92. The van der Waals surface area contributed by atoms with Gasteiger partial charge in [-0.2, -0.15) is 0 Å². The summed E-state index contributed by atoms with van der Waals surface area (Å²) in [7, 11) is 0. The van der Waals surface area contributed by atoms with Gasteiger partial charge >= 0.3 is 6.36 Å². The molecule has 9 heteroatoms. The van der Waals surface area contributed by atoms with Gasteiger partial charge in [0.25, 0.3) is 11.7 Å². The minimum Gasteiger partial charge on any atom is -0.507 e. The minimum absolute atomic E-state index is 0.0278. The number of carbonyl (C=O) groups excluding carboxylic acids is 2. The van der Waals surface area contributed by atoms with Crippen molar-refractivity contribution in [3.8, 4) is 5.75 Å². The van der Waals surface area contributed by atoms with Crippen LogP contribution in [-0.4, -0.2) is 23.2 Å². The number of Topliss-reactive ketones (excluding diaryl/α,β-unsaturated/α-hetero) is 1. The summed E-state index contributed by atoms with van der Waals surface area (Å²) in [6.07, 6.45) is -4.93. The number of hydrogen-bond donors (Lipinski definition) is 1. The first kappa shape index (κ1) is 21.2. The van der Waals surface area contributed by atoms with E-state index in [4.69, 9.17) is 4.42 Å². The molecule has 3 aromatic rings. The molecule has 0 radical (unpaired) electrons. The third-order valence-corrected chi connectivity index (χ3v) is 4.85. The first-order valence-electron chi connectivity index (χ1n) is 9.44. The number of halogens is 3. The largest absolute Gasteiger partial charge is 0.573 e. The number of benzene rings is 2. The first-order chi connectivity index (χ1) is 15.2. The van der Waals surface area contributed by atoms with Gasteiger partial charge in [0.15, 0.2) is 0 Å². The number of aliphatic hydroxyl groups is 1. The van der Waals surface area contributed by atoms with Crippen molar-refractivity contribution in [1.29, 1.82) is 0 Å². The standard InChI is InChI=1S/C23H16F3NO5/c1-13-10-11-17(31-13)19-18(20(28)14-6-3-2-4-7-14)21(29)22(30)27(19)15-8-5-9-16(12-15)32-23(24,25)26/h2-12,19,28H,1H3/b20-18-. The van der Waals surface area contributed by atoms with Gasteiger partial charge < -0.3 is 14.3 Å². The van der Waals surface area contributed by atoms with Crippen LogP contribution in [0.15, 0.2) is 76.7 Å². The molecule has 0 saturated carbocycles. The zero-order chi connectivity index (χ0) is 23.0. The van der Waals surface area contributed by atoms with Crippen LogP contribution < -0.4 is 9.64 Å². The van der Waals surface area contributed by atoms with Gasteiger partial charge in [-0.15, -0.1) is 13.2 Å². The molecule has 0 spiro atoms. The van der Waals surface area contributed by atoms with Crippen molar-refractivity contribution in [3.63, 3.8) is 0 Å². The second-order valence-corrected chi connectivity index (χ2v) is 7.03. The van der Waals surface area contributed by atoms with Gasteiger partial charge in [0, 0.05) is 17.3 Å². The Labute approximate surface area is 180 Å². The minimum atomic E-state index is -4.93. The van der Waals surface area contributed by atoms with Gasteiger partial charge in [-0.25, -0.2) is 0 Å². The Kier molecular flexibility index (Phi) is 5.25. The molecule has 4 rings (SSSR count). The fourth-order valence-electron chi connectivity index (χ4n) is 3.55. The van der Waals surface area contributed by atoms with Crippen molar-refractivity contribution < 1.29 is 37.0 Å². The third kappa shape index (κ3) is 3.96. The van der Waals surface area contributed by atoms with Crippen LogP contribution in [0.3, 0.4) is 0 Å². The van der Waals surface area contributed by atoms with E-state index in [1.54, 1.807) is 43.3 Å². The van der Waals surface area contributed by atoms with E-state index in [1.165, 1.54) is 18.2 Å². The molecule has 1 aliphatic heterocycles. The van der Waals surface area contributed by atoms with Crippen LogP contribution in [0.2, 0.25) is 0 Å². The Hall–Kier alpha value is -4.01. The molecular weight excluding hydrogens is 427 g/mol. The predicted molar refractivity (Wildman–Crippen MR) is 108 cm³/mol. The Morgan fingerprint density at radius 2 is 1.75 bits per heavy atom.